The third-order valence-electron chi connectivity index (χ3n) is 2.73. The zero-order valence-electron chi connectivity index (χ0n) is 11.2. The van der Waals surface area contributed by atoms with Crippen molar-refractivity contribution in [3.05, 3.63) is 23.8 Å². The van der Waals surface area contributed by atoms with Gasteiger partial charge in [-0.2, -0.15) is 9.57 Å². The summed E-state index contributed by atoms with van der Waals surface area (Å²) in [7, 11) is -2.45. The molecule has 1 amide bonds. The number of benzene rings is 1. The van der Waals surface area contributed by atoms with E-state index < -0.39 is 21.8 Å². The minimum absolute atomic E-state index is 0.0514. The maximum Gasteiger partial charge on any atom is 0.248 e. The van der Waals surface area contributed by atoms with Crippen molar-refractivity contribution in [2.45, 2.75) is 11.8 Å². The Morgan fingerprint density at radius 3 is 2.55 bits per heavy atom. The Labute approximate surface area is 117 Å². The molecule has 1 rings (SSSR count). The van der Waals surface area contributed by atoms with Gasteiger partial charge in [0.05, 0.1) is 17.7 Å². The molecule has 7 nitrogen and oxygen atoms in total. The molecule has 4 N–H and O–H groups in total. The standard InChI is InChI=1S/C12H16N4O3S/c1-8(6-13)7-16(2)20(18,19)11-4-3-9(12(15)17)5-10(11)14/h3-5,8H,7,14H2,1-2H3,(H2,15,17). The number of carbonyl (C=O) groups excluding carboxylic acids is 1. The second kappa shape index (κ2) is 5.90. The summed E-state index contributed by atoms with van der Waals surface area (Å²) in [6, 6.07) is 5.71. The molecule has 0 heterocycles. The highest BCUT2D eigenvalue weighted by atomic mass is 32.2. The number of sulfonamides is 1. The number of nitriles is 1. The number of primary amides is 1. The summed E-state index contributed by atoms with van der Waals surface area (Å²) in [4.78, 5) is 10.9. The quantitative estimate of drug-likeness (QED) is 0.747. The van der Waals surface area contributed by atoms with Crippen LogP contribution in [0.5, 0.6) is 0 Å². The molecule has 0 aliphatic heterocycles. The molecule has 20 heavy (non-hydrogen) atoms. The van der Waals surface area contributed by atoms with Crippen LogP contribution in [0.1, 0.15) is 17.3 Å². The third kappa shape index (κ3) is 3.26. The summed E-state index contributed by atoms with van der Waals surface area (Å²) in [5, 5.41) is 8.72. The minimum Gasteiger partial charge on any atom is -0.398 e. The summed E-state index contributed by atoms with van der Waals surface area (Å²) < 4.78 is 25.7. The molecule has 0 saturated heterocycles. The normalized spacial score (nSPS) is 12.9. The van der Waals surface area contributed by atoms with Crippen LogP contribution in [0.25, 0.3) is 0 Å². The SMILES string of the molecule is CC(C#N)CN(C)S(=O)(=O)c1ccc(C(N)=O)cc1N. The van der Waals surface area contributed by atoms with E-state index >= 15 is 0 Å². The lowest BCUT2D eigenvalue weighted by Gasteiger charge is -2.19. The molecule has 1 atom stereocenters. The summed E-state index contributed by atoms with van der Waals surface area (Å²) in [5.41, 5.74) is 10.8. The molecule has 1 aromatic rings. The smallest absolute Gasteiger partial charge is 0.248 e. The van der Waals surface area contributed by atoms with Crippen molar-refractivity contribution in [1.29, 1.82) is 5.26 Å². The first kappa shape index (κ1) is 15.9. The number of nitrogen functional groups attached to an aromatic ring is 1. The molecule has 0 radical (unpaired) electrons. The second-order valence-electron chi connectivity index (χ2n) is 4.43. The van der Waals surface area contributed by atoms with E-state index in [-0.39, 0.29) is 22.7 Å². The number of amides is 1. The minimum atomic E-state index is -3.81. The van der Waals surface area contributed by atoms with Gasteiger partial charge in [-0.1, -0.05) is 0 Å². The lowest BCUT2D eigenvalue weighted by atomic mass is 10.2. The Balaban J connectivity index is 3.17. The zero-order valence-corrected chi connectivity index (χ0v) is 12.0. The average Bonchev–Trinajstić information content (AvgIpc) is 2.37. The topological polar surface area (TPSA) is 130 Å². The van der Waals surface area contributed by atoms with Crippen molar-refractivity contribution in [3.8, 4) is 6.07 Å². The van der Waals surface area contributed by atoms with Crippen molar-refractivity contribution in [3.63, 3.8) is 0 Å². The van der Waals surface area contributed by atoms with Crippen molar-refractivity contribution < 1.29 is 13.2 Å². The van der Waals surface area contributed by atoms with E-state index in [0.717, 1.165) is 4.31 Å². The van der Waals surface area contributed by atoms with E-state index in [0.29, 0.717) is 0 Å². The van der Waals surface area contributed by atoms with Crippen molar-refractivity contribution in [2.24, 2.45) is 11.7 Å². The van der Waals surface area contributed by atoms with Crippen LogP contribution in [-0.2, 0) is 10.0 Å². The van der Waals surface area contributed by atoms with Gasteiger partial charge in [0.2, 0.25) is 15.9 Å². The van der Waals surface area contributed by atoms with Gasteiger partial charge in [0.15, 0.2) is 0 Å². The summed E-state index contributed by atoms with van der Waals surface area (Å²) in [5.74, 6) is -1.13. The molecule has 8 heteroatoms. The first-order valence-corrected chi connectivity index (χ1v) is 7.19. The largest absolute Gasteiger partial charge is 0.398 e. The van der Waals surface area contributed by atoms with Gasteiger partial charge in [-0.05, 0) is 25.1 Å². The number of anilines is 1. The highest BCUT2D eigenvalue weighted by molar-refractivity contribution is 7.89. The Hall–Kier alpha value is -2.11. The Morgan fingerprint density at radius 1 is 1.50 bits per heavy atom. The highest BCUT2D eigenvalue weighted by Crippen LogP contribution is 2.23. The maximum atomic E-state index is 12.3. The first-order valence-electron chi connectivity index (χ1n) is 5.75. The Bertz CT molecular complexity index is 664. The molecule has 1 unspecified atom stereocenters. The van der Waals surface area contributed by atoms with Gasteiger partial charge < -0.3 is 11.5 Å². The highest BCUT2D eigenvalue weighted by Gasteiger charge is 2.25. The molecule has 0 aromatic heterocycles. The monoisotopic (exact) mass is 296 g/mol. The van der Waals surface area contributed by atoms with Crippen LogP contribution in [0.2, 0.25) is 0 Å². The Morgan fingerprint density at radius 2 is 2.10 bits per heavy atom. The molecule has 108 valence electrons. The molecule has 0 bridgehead atoms. The van der Waals surface area contributed by atoms with Gasteiger partial charge in [-0.15, -0.1) is 0 Å². The third-order valence-corrected chi connectivity index (χ3v) is 4.63. The molecular weight excluding hydrogens is 280 g/mol. The number of hydrogen-bond donors (Lipinski definition) is 2. The van der Waals surface area contributed by atoms with Crippen LogP contribution in [0.4, 0.5) is 5.69 Å². The summed E-state index contributed by atoms with van der Waals surface area (Å²) >= 11 is 0. The average molecular weight is 296 g/mol. The van der Waals surface area contributed by atoms with Crippen LogP contribution >= 0.6 is 0 Å². The molecular formula is C12H16N4O3S. The first-order chi connectivity index (χ1) is 9.20. The molecule has 1 aromatic carbocycles. The predicted molar refractivity (Wildman–Crippen MR) is 74.0 cm³/mol. The fourth-order valence-electron chi connectivity index (χ4n) is 1.63. The number of nitrogens with two attached hydrogens (primary N) is 2. The van der Waals surface area contributed by atoms with Crippen LogP contribution < -0.4 is 11.5 Å². The number of carbonyl (C=O) groups is 1. The Kier molecular flexibility index (Phi) is 4.70. The van der Waals surface area contributed by atoms with Gasteiger partial charge >= 0.3 is 0 Å². The molecule has 0 aliphatic carbocycles. The molecule has 0 spiro atoms. The van der Waals surface area contributed by atoms with Gasteiger partial charge in [0.1, 0.15) is 4.90 Å². The van der Waals surface area contributed by atoms with Crippen molar-refractivity contribution in [2.75, 3.05) is 19.3 Å². The maximum absolute atomic E-state index is 12.3. The molecule has 0 saturated carbocycles. The van der Waals surface area contributed by atoms with Crippen LogP contribution in [0.3, 0.4) is 0 Å². The van der Waals surface area contributed by atoms with Crippen LogP contribution in [0, 0.1) is 17.2 Å². The lowest BCUT2D eigenvalue weighted by molar-refractivity contribution is 0.1000. The van der Waals surface area contributed by atoms with Crippen LogP contribution in [0.15, 0.2) is 23.1 Å². The zero-order chi connectivity index (χ0) is 15.5. The number of nitrogens with zero attached hydrogens (tertiary/aromatic N) is 2. The second-order valence-corrected chi connectivity index (χ2v) is 6.45. The predicted octanol–water partition coefficient (Wildman–Crippen LogP) is 0.148. The van der Waals surface area contributed by atoms with Gasteiger partial charge in [0.25, 0.3) is 0 Å². The van der Waals surface area contributed by atoms with Crippen LogP contribution in [-0.4, -0.2) is 32.2 Å². The van der Waals surface area contributed by atoms with Gasteiger partial charge in [-0.3, -0.25) is 4.79 Å². The van der Waals surface area contributed by atoms with E-state index in [1.165, 1.54) is 25.2 Å². The summed E-state index contributed by atoms with van der Waals surface area (Å²) in [6.07, 6.45) is 0. The number of hydrogen-bond acceptors (Lipinski definition) is 5. The van der Waals surface area contributed by atoms with E-state index in [2.05, 4.69) is 0 Å². The van der Waals surface area contributed by atoms with Gasteiger partial charge in [0, 0.05) is 19.2 Å². The number of rotatable bonds is 5. The van der Waals surface area contributed by atoms with Crippen molar-refractivity contribution >= 4 is 21.6 Å². The van der Waals surface area contributed by atoms with E-state index in [4.69, 9.17) is 16.7 Å². The van der Waals surface area contributed by atoms with E-state index in [1.54, 1.807) is 6.92 Å². The fraction of sp³-hybridized carbons (Fsp3) is 0.333. The summed E-state index contributed by atoms with van der Waals surface area (Å²) in [6.45, 7) is 1.67. The van der Waals surface area contributed by atoms with Gasteiger partial charge in [-0.25, -0.2) is 8.42 Å². The lowest BCUT2D eigenvalue weighted by Crippen LogP contribution is -2.31. The van der Waals surface area contributed by atoms with Crippen molar-refractivity contribution in [1.82, 2.24) is 4.31 Å². The van der Waals surface area contributed by atoms with E-state index in [9.17, 15) is 13.2 Å². The van der Waals surface area contributed by atoms with E-state index in [1.807, 2.05) is 6.07 Å². The molecule has 0 aliphatic rings. The molecule has 0 fully saturated rings. The fourth-order valence-corrected chi connectivity index (χ4v) is 2.98.